The van der Waals surface area contributed by atoms with Crippen LogP contribution in [0.15, 0.2) is 24.3 Å². The van der Waals surface area contributed by atoms with E-state index in [1.807, 2.05) is 0 Å². The lowest BCUT2D eigenvalue weighted by Crippen LogP contribution is -2.47. The highest BCUT2D eigenvalue weighted by Crippen LogP contribution is 2.31. The van der Waals surface area contributed by atoms with Crippen LogP contribution in [0.4, 0.5) is 13.6 Å². The summed E-state index contributed by atoms with van der Waals surface area (Å²) in [4.78, 5) is 13.5. The number of hydrogen-bond donors (Lipinski definition) is 0. The molecule has 0 aliphatic carbocycles. The zero-order valence-corrected chi connectivity index (χ0v) is 13.4. The van der Waals surface area contributed by atoms with Gasteiger partial charge in [-0.1, -0.05) is 18.2 Å². The normalized spacial score (nSPS) is 18.1. The predicted octanol–water partition coefficient (Wildman–Crippen LogP) is 4.11. The summed E-state index contributed by atoms with van der Waals surface area (Å²) in [5, 5.41) is 0. The van der Waals surface area contributed by atoms with Crippen LogP contribution in [0.1, 0.15) is 39.2 Å². The summed E-state index contributed by atoms with van der Waals surface area (Å²) in [6.45, 7) is 5.98. The van der Waals surface area contributed by atoms with E-state index in [0.29, 0.717) is 18.7 Å². The van der Waals surface area contributed by atoms with Gasteiger partial charge in [0.25, 0.3) is 0 Å². The van der Waals surface area contributed by atoms with Gasteiger partial charge in [-0.15, -0.1) is 0 Å². The molecule has 1 aliphatic rings. The molecule has 0 radical (unpaired) electrons. The number of rotatable bonds is 2. The van der Waals surface area contributed by atoms with Crippen LogP contribution in [0.3, 0.4) is 0 Å². The zero-order chi connectivity index (χ0) is 16.4. The van der Waals surface area contributed by atoms with E-state index >= 15 is 0 Å². The number of ether oxygens (including phenoxy) is 1. The number of amides is 1. The molecule has 0 spiro atoms. The highest BCUT2D eigenvalue weighted by molar-refractivity contribution is 5.68. The van der Waals surface area contributed by atoms with Gasteiger partial charge in [-0.05, 0) is 45.2 Å². The molecule has 22 heavy (non-hydrogen) atoms. The van der Waals surface area contributed by atoms with E-state index in [9.17, 15) is 13.6 Å². The number of nitrogens with zero attached hydrogens (tertiary/aromatic N) is 1. The Morgan fingerprint density at radius 3 is 2.41 bits per heavy atom. The molecule has 3 nitrogen and oxygen atoms in total. The molecule has 0 saturated carbocycles. The lowest BCUT2D eigenvalue weighted by molar-refractivity contribution is 0.00323. The van der Waals surface area contributed by atoms with Crippen molar-refractivity contribution in [2.45, 2.75) is 51.3 Å². The highest BCUT2D eigenvalue weighted by Gasteiger charge is 2.37. The summed E-state index contributed by atoms with van der Waals surface area (Å²) in [5.41, 5.74) is -1.65. The maximum Gasteiger partial charge on any atom is 0.410 e. The van der Waals surface area contributed by atoms with Gasteiger partial charge in [0.05, 0.1) is 0 Å². The van der Waals surface area contributed by atoms with Crippen molar-refractivity contribution >= 4 is 6.09 Å². The lowest BCUT2D eigenvalue weighted by atomic mass is 9.87. The quantitative estimate of drug-likeness (QED) is 0.822. The second kappa shape index (κ2) is 6.23. The van der Waals surface area contributed by atoms with Crippen molar-refractivity contribution in [3.8, 4) is 0 Å². The summed E-state index contributed by atoms with van der Waals surface area (Å²) in [5.74, 6) is -0.380. The Bertz CT molecular complexity index is 532. The van der Waals surface area contributed by atoms with E-state index in [1.165, 1.54) is 11.0 Å². The van der Waals surface area contributed by atoms with E-state index < -0.39 is 17.4 Å². The minimum absolute atomic E-state index is 0.0435. The number of carbonyl (C=O) groups is 1. The van der Waals surface area contributed by atoms with Crippen molar-refractivity contribution < 1.29 is 18.3 Å². The first-order valence-electron chi connectivity index (χ1n) is 7.59. The van der Waals surface area contributed by atoms with E-state index in [0.717, 1.165) is 0 Å². The molecule has 1 saturated heterocycles. The maximum atomic E-state index is 14.9. The second-order valence-corrected chi connectivity index (χ2v) is 6.89. The van der Waals surface area contributed by atoms with Crippen molar-refractivity contribution in [1.82, 2.24) is 4.90 Å². The minimum atomic E-state index is -1.47. The van der Waals surface area contributed by atoms with Gasteiger partial charge in [-0.2, -0.15) is 0 Å². The number of benzene rings is 1. The van der Waals surface area contributed by atoms with Gasteiger partial charge in [0, 0.05) is 19.5 Å². The van der Waals surface area contributed by atoms with Gasteiger partial charge in [-0.25, -0.2) is 13.6 Å². The average molecular weight is 311 g/mol. The standard InChI is InChI=1S/C17H23F2NO2/c1-16(2,3)22-15(21)20-10-8-17(19,9-11-20)12-13-6-4-5-7-14(13)18/h4-7H,8-12H2,1-3H3. The van der Waals surface area contributed by atoms with Crippen LogP contribution in [0, 0.1) is 5.82 Å². The molecule has 122 valence electrons. The third-order valence-electron chi connectivity index (χ3n) is 3.78. The highest BCUT2D eigenvalue weighted by atomic mass is 19.1. The Morgan fingerprint density at radius 1 is 1.27 bits per heavy atom. The number of halogens is 2. The van der Waals surface area contributed by atoms with Crippen molar-refractivity contribution in [3.05, 3.63) is 35.6 Å². The smallest absolute Gasteiger partial charge is 0.410 e. The number of piperidine rings is 1. The predicted molar refractivity (Wildman–Crippen MR) is 81.0 cm³/mol. The lowest BCUT2D eigenvalue weighted by Gasteiger charge is -2.37. The Balaban J connectivity index is 1.93. The number of alkyl halides is 1. The van der Waals surface area contributed by atoms with Crippen LogP contribution in [0.25, 0.3) is 0 Å². The van der Waals surface area contributed by atoms with Gasteiger partial charge in [0.1, 0.15) is 17.1 Å². The van der Waals surface area contributed by atoms with E-state index in [1.54, 1.807) is 39.0 Å². The summed E-state index contributed by atoms with van der Waals surface area (Å²) < 4.78 is 33.8. The third-order valence-corrected chi connectivity index (χ3v) is 3.78. The molecule has 1 heterocycles. The fourth-order valence-electron chi connectivity index (χ4n) is 2.58. The first-order chi connectivity index (χ1) is 10.2. The fourth-order valence-corrected chi connectivity index (χ4v) is 2.58. The van der Waals surface area contributed by atoms with Crippen LogP contribution >= 0.6 is 0 Å². The van der Waals surface area contributed by atoms with Gasteiger partial charge in [0.2, 0.25) is 0 Å². The molecule has 0 bridgehead atoms. The Morgan fingerprint density at radius 2 is 1.86 bits per heavy atom. The molecule has 1 fully saturated rings. The van der Waals surface area contributed by atoms with E-state index in [2.05, 4.69) is 0 Å². The van der Waals surface area contributed by atoms with Crippen molar-refractivity contribution in [2.75, 3.05) is 13.1 Å². The van der Waals surface area contributed by atoms with Gasteiger partial charge < -0.3 is 9.64 Å². The van der Waals surface area contributed by atoms with Crippen molar-refractivity contribution in [1.29, 1.82) is 0 Å². The largest absolute Gasteiger partial charge is 0.444 e. The molecule has 0 aromatic heterocycles. The monoisotopic (exact) mass is 311 g/mol. The third kappa shape index (κ3) is 4.42. The average Bonchev–Trinajstić information content (AvgIpc) is 2.40. The van der Waals surface area contributed by atoms with Crippen LogP contribution < -0.4 is 0 Å². The zero-order valence-electron chi connectivity index (χ0n) is 13.4. The van der Waals surface area contributed by atoms with Crippen molar-refractivity contribution in [2.24, 2.45) is 0 Å². The maximum absolute atomic E-state index is 14.9. The summed E-state index contributed by atoms with van der Waals surface area (Å²) in [7, 11) is 0. The SMILES string of the molecule is CC(C)(C)OC(=O)N1CCC(F)(Cc2ccccc2F)CC1. The Kier molecular flexibility index (Phi) is 4.73. The van der Waals surface area contributed by atoms with Crippen molar-refractivity contribution in [3.63, 3.8) is 0 Å². The number of likely N-dealkylation sites (tertiary alicyclic amines) is 1. The molecule has 1 amide bonds. The molecular formula is C17H23F2NO2. The van der Waals surface area contributed by atoms with Gasteiger partial charge in [-0.3, -0.25) is 0 Å². The minimum Gasteiger partial charge on any atom is -0.444 e. The number of carbonyl (C=O) groups excluding carboxylic acids is 1. The molecule has 2 rings (SSSR count). The van der Waals surface area contributed by atoms with Crippen LogP contribution in [-0.2, 0) is 11.2 Å². The topological polar surface area (TPSA) is 29.5 Å². The van der Waals surface area contributed by atoms with Crippen LogP contribution in [-0.4, -0.2) is 35.4 Å². The summed E-state index contributed by atoms with van der Waals surface area (Å²) >= 11 is 0. The molecule has 0 atom stereocenters. The Labute approximate surface area is 130 Å². The Hall–Kier alpha value is -1.65. The molecule has 5 heteroatoms. The van der Waals surface area contributed by atoms with Gasteiger partial charge >= 0.3 is 6.09 Å². The summed E-state index contributed by atoms with van der Waals surface area (Å²) in [6.07, 6.45) is 0.0173. The molecular weight excluding hydrogens is 288 g/mol. The van der Waals surface area contributed by atoms with E-state index in [4.69, 9.17) is 4.74 Å². The van der Waals surface area contributed by atoms with Gasteiger partial charge in [0.15, 0.2) is 0 Å². The van der Waals surface area contributed by atoms with E-state index in [-0.39, 0.29) is 25.1 Å². The fraction of sp³-hybridized carbons (Fsp3) is 0.588. The van der Waals surface area contributed by atoms with Crippen LogP contribution in [0.2, 0.25) is 0 Å². The molecule has 0 N–H and O–H groups in total. The molecule has 1 aliphatic heterocycles. The second-order valence-electron chi connectivity index (χ2n) is 6.89. The number of hydrogen-bond acceptors (Lipinski definition) is 2. The first kappa shape index (κ1) is 16.7. The molecule has 1 aromatic rings. The molecule has 1 aromatic carbocycles. The van der Waals surface area contributed by atoms with Crippen LogP contribution in [0.5, 0.6) is 0 Å². The first-order valence-corrected chi connectivity index (χ1v) is 7.59. The molecule has 0 unspecified atom stereocenters. The summed E-state index contributed by atoms with van der Waals surface area (Å²) in [6, 6.07) is 6.25.